The molecule has 7 unspecified atom stereocenters. The first-order chi connectivity index (χ1) is 41.6. The van der Waals surface area contributed by atoms with Crippen molar-refractivity contribution in [1.82, 2.24) is 16.0 Å². The molecule has 0 spiro atoms. The van der Waals surface area contributed by atoms with Crippen LogP contribution in [0.2, 0.25) is 0 Å². The van der Waals surface area contributed by atoms with E-state index in [2.05, 4.69) is 26.3 Å². The monoisotopic (exact) mass is 1170 g/mol. The smallest absolute Gasteiger partial charge is 0.343 e. The summed E-state index contributed by atoms with van der Waals surface area (Å²) in [5.41, 5.74) is 0.306. The number of aromatic hydroxyl groups is 1. The van der Waals surface area contributed by atoms with Crippen LogP contribution in [0.15, 0.2) is 193 Å². The first-order valence-corrected chi connectivity index (χ1v) is 26.7. The number of phenols is 1. The Labute approximate surface area is 490 Å². The number of carboxylic acids is 1. The number of ether oxygens (including phenoxy) is 7. The van der Waals surface area contributed by atoms with Crippen molar-refractivity contribution >= 4 is 59.3 Å². The molecular weight excluding hydrogens is 1110 g/mol. The second-order valence-electron chi connectivity index (χ2n) is 19.3. The fourth-order valence-corrected chi connectivity index (χ4v) is 8.91. The van der Waals surface area contributed by atoms with Gasteiger partial charge in [-0.25, -0.2) is 24.0 Å². The molecule has 9 rings (SSSR count). The first-order valence-electron chi connectivity index (χ1n) is 26.7. The van der Waals surface area contributed by atoms with Crippen LogP contribution in [-0.2, 0) is 33.3 Å². The minimum Gasteiger partial charge on any atom is -0.507 e. The number of aliphatic imine (C=N–C) groups is 1. The van der Waals surface area contributed by atoms with Gasteiger partial charge in [0.2, 0.25) is 18.3 Å². The molecule has 2 heterocycles. The number of hydrogen-bond donors (Lipinski definition) is 7. The maximum Gasteiger partial charge on any atom is 0.343 e. The van der Waals surface area contributed by atoms with Crippen molar-refractivity contribution in [3.8, 4) is 17.2 Å². The maximum absolute atomic E-state index is 14.4. The Bertz CT molecular complexity index is 3600. The third-order valence-corrected chi connectivity index (χ3v) is 13.1. The van der Waals surface area contributed by atoms with E-state index < -0.39 is 127 Å². The van der Waals surface area contributed by atoms with Crippen LogP contribution in [0.3, 0.4) is 0 Å². The summed E-state index contributed by atoms with van der Waals surface area (Å²) in [5.74, 6) is -9.55. The van der Waals surface area contributed by atoms with Gasteiger partial charge in [-0.15, -0.1) is 0 Å². The molecular formula is C63H55N5O18. The number of nitrogens with zero attached hydrogens (tertiary/aromatic N) is 1. The lowest BCUT2D eigenvalue weighted by atomic mass is 9.97. The number of esters is 5. The van der Waals surface area contributed by atoms with Crippen molar-refractivity contribution in [3.63, 3.8) is 0 Å². The second kappa shape index (κ2) is 28.4. The van der Waals surface area contributed by atoms with Gasteiger partial charge < -0.3 is 69.7 Å². The lowest BCUT2D eigenvalue weighted by molar-refractivity contribution is -0.275. The number of aliphatic hydroxyl groups excluding tert-OH is 1. The largest absolute Gasteiger partial charge is 0.507 e. The number of phenolic OH excluding ortho intramolecular Hbond substituents is 1. The minimum absolute atomic E-state index is 0.0121. The fourth-order valence-electron chi connectivity index (χ4n) is 8.91. The van der Waals surface area contributed by atoms with E-state index in [1.807, 2.05) is 0 Å². The van der Waals surface area contributed by atoms with Crippen LogP contribution < -0.4 is 30.7 Å². The molecule has 7 N–H and O–H groups in total. The predicted octanol–water partition coefficient (Wildman–Crippen LogP) is 6.04. The Balaban J connectivity index is 1.10. The molecule has 7 aromatic rings. The second-order valence-corrected chi connectivity index (χ2v) is 19.3. The Morgan fingerprint density at radius 2 is 1.10 bits per heavy atom. The Kier molecular flexibility index (Phi) is 19.7. The maximum atomic E-state index is 14.4. The molecule has 23 heteroatoms. The molecule has 0 radical (unpaired) electrons. The van der Waals surface area contributed by atoms with Crippen LogP contribution in [0.25, 0.3) is 0 Å². The number of aliphatic carboxylic acids is 1. The zero-order valence-corrected chi connectivity index (χ0v) is 45.4. The van der Waals surface area contributed by atoms with Gasteiger partial charge in [0, 0.05) is 29.4 Å². The zero-order chi connectivity index (χ0) is 60.5. The molecule has 2 aliphatic heterocycles. The van der Waals surface area contributed by atoms with Crippen LogP contribution in [0, 0.1) is 0 Å². The normalized spacial score (nSPS) is 18.2. The molecule has 7 atom stereocenters. The van der Waals surface area contributed by atoms with Crippen LogP contribution in [0.1, 0.15) is 80.2 Å². The van der Waals surface area contributed by atoms with E-state index in [4.69, 9.17) is 33.2 Å². The van der Waals surface area contributed by atoms with Crippen LogP contribution in [0.4, 0.5) is 5.69 Å². The van der Waals surface area contributed by atoms with Crippen molar-refractivity contribution in [2.24, 2.45) is 4.99 Å². The Morgan fingerprint density at radius 1 is 0.593 bits per heavy atom. The third kappa shape index (κ3) is 15.8. The summed E-state index contributed by atoms with van der Waals surface area (Å²) in [6, 6.07) is 44.6. The summed E-state index contributed by atoms with van der Waals surface area (Å²) < 4.78 is 43.3. The summed E-state index contributed by atoms with van der Waals surface area (Å²) in [6.07, 6.45) is -11.1. The van der Waals surface area contributed by atoms with Crippen molar-refractivity contribution in [3.05, 3.63) is 227 Å². The quantitative estimate of drug-likeness (QED) is 0.0245. The number of guanidine groups is 1. The molecule has 23 nitrogen and oxygen atoms in total. The third-order valence-electron chi connectivity index (χ3n) is 13.1. The predicted molar refractivity (Wildman–Crippen MR) is 304 cm³/mol. The molecule has 86 heavy (non-hydrogen) atoms. The number of aliphatic hydroxyl groups is 1. The van der Waals surface area contributed by atoms with E-state index in [9.17, 15) is 53.7 Å². The fraction of sp³-hybridized carbons (Fsp3) is 0.190. The average molecular weight is 1170 g/mol. The molecule has 1 saturated heterocycles. The van der Waals surface area contributed by atoms with Crippen molar-refractivity contribution in [1.29, 1.82) is 0 Å². The standard InChI is InChI=1S/C63H55N5O18/c69-44-33-65-63(66-34-44)67-43-28-16-27-42(29-43)56(74)64-35-51(71)68-46(31-52(72)73)45-30-48(49(32-47(45)70)81-58(76)38-19-8-2-9-20-38)82-62-55(86-61(79)41-25-14-5-15-26-41)54(85-60(78)40-23-12-4-13-24-40)53(84-59(77)39-21-10-3-11-22-39)50(83-62)36-80-57(75)37-17-6-1-7-18-37/h1-30,32,44,46,50,53-55,62,69-70H,31,33-36H2,(H,64,74)(H,68,71)(H,72,73)(H2,65,66,67). The first kappa shape index (κ1) is 59.7. The molecule has 0 bridgehead atoms. The Morgan fingerprint density at radius 3 is 1.64 bits per heavy atom. The van der Waals surface area contributed by atoms with Gasteiger partial charge in [-0.05, 0) is 84.9 Å². The molecule has 0 aliphatic carbocycles. The zero-order valence-electron chi connectivity index (χ0n) is 45.4. The summed E-state index contributed by atoms with van der Waals surface area (Å²) >= 11 is 0. The van der Waals surface area contributed by atoms with Crippen LogP contribution in [-0.4, -0.2) is 132 Å². The number of carboxylic acid groups (broad SMARTS) is 1. The van der Waals surface area contributed by atoms with Gasteiger partial charge in [0.1, 0.15) is 18.5 Å². The topological polar surface area (TPSA) is 322 Å². The minimum atomic E-state index is -2.08. The van der Waals surface area contributed by atoms with E-state index in [0.717, 1.165) is 12.1 Å². The number of nitrogens with one attached hydrogen (secondary N) is 4. The number of anilines is 1. The van der Waals surface area contributed by atoms with Gasteiger partial charge in [0.15, 0.2) is 29.7 Å². The van der Waals surface area contributed by atoms with Crippen LogP contribution in [0.5, 0.6) is 17.2 Å². The van der Waals surface area contributed by atoms with Crippen molar-refractivity contribution < 1.29 is 86.8 Å². The highest BCUT2D eigenvalue weighted by Gasteiger charge is 2.54. The van der Waals surface area contributed by atoms with Gasteiger partial charge in [-0.3, -0.25) is 19.4 Å². The summed E-state index contributed by atoms with van der Waals surface area (Å²) in [5, 5.41) is 42.7. The highest BCUT2D eigenvalue weighted by Crippen LogP contribution is 2.41. The number of benzene rings is 7. The SMILES string of the molecule is O=C(O)CC(NC(=O)CNC(=O)c1cccc(NC2=NCC(O)CN2)c1)c1cc(OC2OC(COC(=O)c3ccccc3)C(OC(=O)c3ccccc3)C(OC(=O)c3ccccc3)C2OC(=O)c2ccccc2)c(OC(=O)c2ccccc2)cc1O. The molecule has 0 aromatic heterocycles. The van der Waals surface area contributed by atoms with E-state index in [1.54, 1.807) is 103 Å². The number of rotatable bonds is 21. The number of carbonyl (C=O) groups excluding carboxylic acids is 7. The summed E-state index contributed by atoms with van der Waals surface area (Å²) in [4.78, 5) is 114. The van der Waals surface area contributed by atoms with E-state index in [-0.39, 0.29) is 52.0 Å². The van der Waals surface area contributed by atoms with Crippen molar-refractivity contribution in [2.75, 3.05) is 31.6 Å². The molecule has 0 saturated carbocycles. The molecule has 1 fully saturated rings. The van der Waals surface area contributed by atoms with Gasteiger partial charge >= 0.3 is 35.8 Å². The van der Waals surface area contributed by atoms with Crippen LogP contribution >= 0.6 is 0 Å². The molecule has 2 amide bonds. The number of β-amino-alcohol motifs (C(OH)–C–C–N with tert-alkyl or cyclic N) is 1. The molecule has 2 aliphatic rings. The number of hydrogen-bond acceptors (Lipinski definition) is 20. The van der Waals surface area contributed by atoms with E-state index in [1.165, 1.54) is 72.8 Å². The van der Waals surface area contributed by atoms with Gasteiger partial charge in [-0.1, -0.05) is 97.1 Å². The van der Waals surface area contributed by atoms with Crippen molar-refractivity contribution in [2.45, 2.75) is 49.3 Å². The molecule has 7 aromatic carbocycles. The van der Waals surface area contributed by atoms with Gasteiger partial charge in [-0.2, -0.15) is 0 Å². The summed E-state index contributed by atoms with van der Waals surface area (Å²) in [6.45, 7) is -1.06. The number of amides is 2. The lowest BCUT2D eigenvalue weighted by Gasteiger charge is -2.44. The van der Waals surface area contributed by atoms with E-state index in [0.29, 0.717) is 11.6 Å². The Hall–Kier alpha value is -10.9. The summed E-state index contributed by atoms with van der Waals surface area (Å²) in [7, 11) is 0. The van der Waals surface area contributed by atoms with Gasteiger partial charge in [0.25, 0.3) is 5.91 Å². The average Bonchev–Trinajstić information content (AvgIpc) is 1.59. The van der Waals surface area contributed by atoms with Gasteiger partial charge in [0.05, 0.1) is 59.5 Å². The number of carbonyl (C=O) groups is 8. The lowest BCUT2D eigenvalue weighted by Crippen LogP contribution is -2.64. The highest BCUT2D eigenvalue weighted by atomic mass is 16.7. The molecule has 440 valence electrons. The highest BCUT2D eigenvalue weighted by molar-refractivity contribution is 6.00. The van der Waals surface area contributed by atoms with E-state index >= 15 is 0 Å².